The minimum Gasteiger partial charge on any atom is -0.396 e. The zero-order chi connectivity index (χ0) is 14.0. The smallest absolute Gasteiger partial charge is 0.0704 e. The Morgan fingerprint density at radius 3 is 2.85 bits per heavy atom. The van der Waals surface area contributed by atoms with Crippen LogP contribution in [0.1, 0.15) is 61.4 Å². The van der Waals surface area contributed by atoms with Gasteiger partial charge in [0.15, 0.2) is 0 Å². The van der Waals surface area contributed by atoms with E-state index >= 15 is 0 Å². The van der Waals surface area contributed by atoms with Gasteiger partial charge in [-0.05, 0) is 59.7 Å². The fourth-order valence-corrected chi connectivity index (χ4v) is 5.59. The Balaban J connectivity index is 1.66. The Kier molecular flexibility index (Phi) is 4.86. The lowest BCUT2D eigenvalue weighted by Crippen LogP contribution is -2.41. The van der Waals surface area contributed by atoms with Gasteiger partial charge < -0.3 is 10.4 Å². The molecule has 0 amide bonds. The summed E-state index contributed by atoms with van der Waals surface area (Å²) >= 11 is 5.51. The van der Waals surface area contributed by atoms with Crippen molar-refractivity contribution in [1.29, 1.82) is 0 Å². The molecule has 0 aliphatic heterocycles. The maximum atomic E-state index is 9.82. The van der Waals surface area contributed by atoms with Crippen LogP contribution in [-0.4, -0.2) is 18.3 Å². The summed E-state index contributed by atoms with van der Waals surface area (Å²) in [5.41, 5.74) is 1.64. The molecule has 0 spiro atoms. The maximum Gasteiger partial charge on any atom is 0.0704 e. The standard InChI is InChI=1S/C16H24BrNOS/c17-15-9-12-13(5-4-6-14(12)20-15)18-10-16(11-19)7-2-1-3-8-16/h9,13,18-19H,1-8,10-11H2. The van der Waals surface area contributed by atoms with Crippen LogP contribution in [0.25, 0.3) is 0 Å². The van der Waals surface area contributed by atoms with E-state index in [1.54, 1.807) is 4.88 Å². The first kappa shape index (κ1) is 15.0. The van der Waals surface area contributed by atoms with Gasteiger partial charge in [0.1, 0.15) is 0 Å². The van der Waals surface area contributed by atoms with Gasteiger partial charge in [0.25, 0.3) is 0 Å². The first-order chi connectivity index (χ1) is 9.72. The van der Waals surface area contributed by atoms with E-state index in [-0.39, 0.29) is 5.41 Å². The highest BCUT2D eigenvalue weighted by molar-refractivity contribution is 9.11. The molecule has 1 aromatic heterocycles. The molecule has 2 aliphatic carbocycles. The van der Waals surface area contributed by atoms with Crippen molar-refractivity contribution in [2.45, 2.75) is 57.4 Å². The quantitative estimate of drug-likeness (QED) is 0.835. The van der Waals surface area contributed by atoms with Crippen molar-refractivity contribution in [1.82, 2.24) is 5.32 Å². The zero-order valence-electron chi connectivity index (χ0n) is 12.0. The highest BCUT2D eigenvalue weighted by Gasteiger charge is 2.32. The highest BCUT2D eigenvalue weighted by Crippen LogP contribution is 2.40. The first-order valence-electron chi connectivity index (χ1n) is 7.85. The molecule has 112 valence electrons. The second kappa shape index (κ2) is 6.47. The summed E-state index contributed by atoms with van der Waals surface area (Å²) in [5, 5.41) is 13.6. The van der Waals surface area contributed by atoms with Gasteiger partial charge in [0, 0.05) is 29.5 Å². The molecule has 20 heavy (non-hydrogen) atoms. The number of aliphatic hydroxyl groups is 1. The van der Waals surface area contributed by atoms with Crippen molar-refractivity contribution in [3.05, 3.63) is 20.3 Å². The number of fused-ring (bicyclic) bond motifs is 1. The zero-order valence-corrected chi connectivity index (χ0v) is 14.4. The van der Waals surface area contributed by atoms with E-state index in [1.165, 1.54) is 60.7 Å². The fraction of sp³-hybridized carbons (Fsp3) is 0.750. The Labute approximate surface area is 134 Å². The van der Waals surface area contributed by atoms with Crippen molar-refractivity contribution >= 4 is 27.3 Å². The van der Waals surface area contributed by atoms with Crippen LogP contribution in [0.5, 0.6) is 0 Å². The predicted octanol–water partition coefficient (Wildman–Crippen LogP) is 4.42. The van der Waals surface area contributed by atoms with Crippen molar-refractivity contribution in [2.24, 2.45) is 5.41 Å². The summed E-state index contributed by atoms with van der Waals surface area (Å²) < 4.78 is 1.26. The molecule has 0 radical (unpaired) electrons. The third-order valence-corrected chi connectivity index (χ3v) is 6.77. The lowest BCUT2D eigenvalue weighted by atomic mass is 9.74. The molecule has 3 rings (SSSR count). The molecule has 1 fully saturated rings. The van der Waals surface area contributed by atoms with Crippen molar-refractivity contribution < 1.29 is 5.11 Å². The van der Waals surface area contributed by atoms with Gasteiger partial charge in [0.2, 0.25) is 0 Å². The number of halogens is 1. The SMILES string of the molecule is OCC1(CNC2CCCc3sc(Br)cc32)CCCCC1. The summed E-state index contributed by atoms with van der Waals surface area (Å²) in [6, 6.07) is 2.79. The highest BCUT2D eigenvalue weighted by atomic mass is 79.9. The van der Waals surface area contributed by atoms with Crippen LogP contribution in [0.3, 0.4) is 0 Å². The van der Waals surface area contributed by atoms with Crippen LogP contribution in [0.4, 0.5) is 0 Å². The molecule has 1 atom stereocenters. The largest absolute Gasteiger partial charge is 0.396 e. The van der Waals surface area contributed by atoms with Gasteiger partial charge in [-0.15, -0.1) is 11.3 Å². The van der Waals surface area contributed by atoms with Gasteiger partial charge in [-0.3, -0.25) is 0 Å². The lowest BCUT2D eigenvalue weighted by molar-refractivity contribution is 0.0776. The van der Waals surface area contributed by atoms with Crippen molar-refractivity contribution in [3.8, 4) is 0 Å². The number of nitrogens with one attached hydrogen (secondary N) is 1. The van der Waals surface area contributed by atoms with Crippen molar-refractivity contribution in [3.63, 3.8) is 0 Å². The van der Waals surface area contributed by atoms with E-state index in [2.05, 4.69) is 27.3 Å². The van der Waals surface area contributed by atoms with E-state index in [0.29, 0.717) is 12.6 Å². The summed E-state index contributed by atoms with van der Waals surface area (Å²) in [6.07, 6.45) is 10.0. The second-order valence-electron chi connectivity index (χ2n) is 6.47. The number of aliphatic hydroxyl groups excluding tert-OH is 1. The van der Waals surface area contributed by atoms with Gasteiger partial charge in [-0.1, -0.05) is 19.3 Å². The van der Waals surface area contributed by atoms with E-state index in [9.17, 15) is 5.11 Å². The summed E-state index contributed by atoms with van der Waals surface area (Å²) in [6.45, 7) is 1.31. The summed E-state index contributed by atoms with van der Waals surface area (Å²) in [4.78, 5) is 1.54. The topological polar surface area (TPSA) is 32.3 Å². The van der Waals surface area contributed by atoms with Crippen LogP contribution in [-0.2, 0) is 6.42 Å². The van der Waals surface area contributed by atoms with Gasteiger partial charge in [-0.25, -0.2) is 0 Å². The molecule has 1 unspecified atom stereocenters. The fourth-order valence-electron chi connectivity index (χ4n) is 3.77. The van der Waals surface area contributed by atoms with Crippen LogP contribution in [0.15, 0.2) is 9.85 Å². The van der Waals surface area contributed by atoms with E-state index in [0.717, 1.165) is 6.54 Å². The van der Waals surface area contributed by atoms with E-state index in [1.807, 2.05) is 11.3 Å². The molecule has 2 nitrogen and oxygen atoms in total. The third kappa shape index (κ3) is 3.13. The summed E-state index contributed by atoms with van der Waals surface area (Å²) in [7, 11) is 0. The van der Waals surface area contributed by atoms with E-state index in [4.69, 9.17) is 0 Å². The number of rotatable bonds is 4. The Morgan fingerprint density at radius 1 is 1.30 bits per heavy atom. The molecule has 4 heteroatoms. The molecule has 0 bridgehead atoms. The van der Waals surface area contributed by atoms with Gasteiger partial charge in [-0.2, -0.15) is 0 Å². The lowest BCUT2D eigenvalue weighted by Gasteiger charge is -2.37. The summed E-state index contributed by atoms with van der Waals surface area (Å²) in [5.74, 6) is 0. The average molecular weight is 358 g/mol. The predicted molar refractivity (Wildman–Crippen MR) is 88.3 cm³/mol. The Hall–Kier alpha value is 0.100. The molecule has 2 aliphatic rings. The molecule has 0 aromatic carbocycles. The monoisotopic (exact) mass is 357 g/mol. The van der Waals surface area contributed by atoms with Gasteiger partial charge >= 0.3 is 0 Å². The number of thiophene rings is 1. The normalized spacial score (nSPS) is 25.4. The third-order valence-electron chi connectivity index (χ3n) is 5.06. The molecule has 2 N–H and O–H groups in total. The number of hydrogen-bond acceptors (Lipinski definition) is 3. The Bertz CT molecular complexity index is 453. The maximum absolute atomic E-state index is 9.82. The molecular weight excluding hydrogens is 334 g/mol. The van der Waals surface area contributed by atoms with Crippen LogP contribution >= 0.6 is 27.3 Å². The van der Waals surface area contributed by atoms with Crippen LogP contribution in [0, 0.1) is 5.41 Å². The van der Waals surface area contributed by atoms with Crippen molar-refractivity contribution in [2.75, 3.05) is 13.2 Å². The minimum atomic E-state index is 0.142. The number of hydrogen-bond donors (Lipinski definition) is 2. The van der Waals surface area contributed by atoms with Crippen LogP contribution in [0.2, 0.25) is 0 Å². The van der Waals surface area contributed by atoms with Crippen LogP contribution < -0.4 is 5.32 Å². The number of aryl methyl sites for hydroxylation is 1. The average Bonchev–Trinajstić information content (AvgIpc) is 2.87. The molecule has 1 heterocycles. The molecule has 1 saturated carbocycles. The molecule has 1 aromatic rings. The molecular formula is C16H24BrNOS. The minimum absolute atomic E-state index is 0.142. The van der Waals surface area contributed by atoms with E-state index < -0.39 is 0 Å². The second-order valence-corrected chi connectivity index (χ2v) is 8.99. The molecule has 0 saturated heterocycles. The van der Waals surface area contributed by atoms with Gasteiger partial charge in [0.05, 0.1) is 3.79 Å². The Morgan fingerprint density at radius 2 is 2.10 bits per heavy atom. The first-order valence-corrected chi connectivity index (χ1v) is 9.46.